The van der Waals surface area contributed by atoms with Crippen molar-refractivity contribution in [1.29, 1.82) is 0 Å². The van der Waals surface area contributed by atoms with E-state index < -0.39 is 0 Å². The van der Waals surface area contributed by atoms with Crippen LogP contribution < -0.4 is 5.73 Å². The number of nitrogens with zero attached hydrogens (tertiary/aromatic N) is 1. The summed E-state index contributed by atoms with van der Waals surface area (Å²) in [6.07, 6.45) is 1.27. The van der Waals surface area contributed by atoms with Gasteiger partial charge in [0.2, 0.25) is 5.91 Å². The Hall–Kier alpha value is -2.13. The minimum absolute atomic E-state index is 0.159. The van der Waals surface area contributed by atoms with Crippen molar-refractivity contribution in [3.05, 3.63) is 71.3 Å². The first-order chi connectivity index (χ1) is 10.7. The maximum atomic E-state index is 12.7. The van der Waals surface area contributed by atoms with E-state index in [0.29, 0.717) is 26.1 Å². The Balaban J connectivity index is 2.07. The van der Waals surface area contributed by atoms with E-state index in [4.69, 9.17) is 5.73 Å². The van der Waals surface area contributed by atoms with Crippen molar-refractivity contribution in [3.8, 4) is 0 Å². The summed E-state index contributed by atoms with van der Waals surface area (Å²) in [5.74, 6) is 0.159. The van der Waals surface area contributed by atoms with Gasteiger partial charge in [-0.1, -0.05) is 54.6 Å². The molecule has 3 heteroatoms. The summed E-state index contributed by atoms with van der Waals surface area (Å²) in [6, 6.07) is 18.2. The van der Waals surface area contributed by atoms with Gasteiger partial charge in [-0.3, -0.25) is 4.79 Å². The largest absolute Gasteiger partial charge is 0.338 e. The third-order valence-electron chi connectivity index (χ3n) is 3.80. The molecule has 2 aromatic rings. The molecule has 0 atom stereocenters. The summed E-state index contributed by atoms with van der Waals surface area (Å²) in [5, 5.41) is 0. The second kappa shape index (κ2) is 8.35. The molecule has 0 saturated carbocycles. The molecule has 0 aliphatic heterocycles. The molecule has 2 aromatic carbocycles. The highest BCUT2D eigenvalue weighted by molar-refractivity contribution is 5.79. The summed E-state index contributed by atoms with van der Waals surface area (Å²) in [4.78, 5) is 14.6. The van der Waals surface area contributed by atoms with Gasteiger partial charge < -0.3 is 10.6 Å². The van der Waals surface area contributed by atoms with E-state index in [1.54, 1.807) is 0 Å². The number of hydrogen-bond acceptors (Lipinski definition) is 2. The van der Waals surface area contributed by atoms with E-state index in [0.717, 1.165) is 23.1 Å². The quantitative estimate of drug-likeness (QED) is 0.854. The molecule has 0 radical (unpaired) electrons. The molecule has 116 valence electrons. The molecule has 0 saturated heterocycles. The molecule has 22 heavy (non-hydrogen) atoms. The second-order valence-electron chi connectivity index (χ2n) is 5.55. The number of aryl methyl sites for hydroxylation is 1. The van der Waals surface area contributed by atoms with Gasteiger partial charge in [-0.25, -0.2) is 0 Å². The molecule has 2 rings (SSSR count). The smallest absolute Gasteiger partial charge is 0.227 e. The summed E-state index contributed by atoms with van der Waals surface area (Å²) < 4.78 is 0. The van der Waals surface area contributed by atoms with Crippen molar-refractivity contribution in [3.63, 3.8) is 0 Å². The highest BCUT2D eigenvalue weighted by Crippen LogP contribution is 2.12. The van der Waals surface area contributed by atoms with E-state index in [1.165, 1.54) is 0 Å². The Bertz CT molecular complexity index is 595. The SMILES string of the molecule is Cc1ccccc1CC(=O)N(CCCN)Cc1ccccc1. The van der Waals surface area contributed by atoms with Crippen molar-refractivity contribution < 1.29 is 4.79 Å². The first-order valence-corrected chi connectivity index (χ1v) is 7.77. The lowest BCUT2D eigenvalue weighted by molar-refractivity contribution is -0.131. The van der Waals surface area contributed by atoms with Gasteiger partial charge in [-0.15, -0.1) is 0 Å². The minimum Gasteiger partial charge on any atom is -0.338 e. The van der Waals surface area contributed by atoms with Crippen molar-refractivity contribution >= 4 is 5.91 Å². The fourth-order valence-electron chi connectivity index (χ4n) is 2.46. The van der Waals surface area contributed by atoms with E-state index in [1.807, 2.05) is 54.3 Å². The Morgan fingerprint density at radius 2 is 1.73 bits per heavy atom. The molecule has 0 fully saturated rings. The third-order valence-corrected chi connectivity index (χ3v) is 3.80. The molecular weight excluding hydrogens is 272 g/mol. The molecule has 0 aromatic heterocycles. The Morgan fingerprint density at radius 1 is 1.05 bits per heavy atom. The molecule has 0 spiro atoms. The predicted octanol–water partition coefficient (Wildman–Crippen LogP) is 2.92. The first kappa shape index (κ1) is 16.2. The molecule has 1 amide bonds. The van der Waals surface area contributed by atoms with Gasteiger partial charge in [0, 0.05) is 13.1 Å². The van der Waals surface area contributed by atoms with E-state index in [-0.39, 0.29) is 5.91 Å². The second-order valence-corrected chi connectivity index (χ2v) is 5.55. The monoisotopic (exact) mass is 296 g/mol. The average Bonchev–Trinajstić information content (AvgIpc) is 2.54. The first-order valence-electron chi connectivity index (χ1n) is 7.77. The van der Waals surface area contributed by atoms with Crippen molar-refractivity contribution in [1.82, 2.24) is 4.90 Å². The molecule has 3 nitrogen and oxygen atoms in total. The molecule has 0 unspecified atom stereocenters. The number of carbonyl (C=O) groups excluding carboxylic acids is 1. The lowest BCUT2D eigenvalue weighted by Gasteiger charge is -2.23. The average molecular weight is 296 g/mol. The van der Waals surface area contributed by atoms with Crippen LogP contribution in [-0.2, 0) is 17.8 Å². The lowest BCUT2D eigenvalue weighted by atomic mass is 10.0. The Labute approximate surface area is 132 Å². The number of benzene rings is 2. The molecule has 0 aliphatic carbocycles. The summed E-state index contributed by atoms with van der Waals surface area (Å²) in [7, 11) is 0. The minimum atomic E-state index is 0.159. The van der Waals surface area contributed by atoms with Gasteiger partial charge in [-0.2, -0.15) is 0 Å². The zero-order valence-electron chi connectivity index (χ0n) is 13.2. The van der Waals surface area contributed by atoms with Gasteiger partial charge in [0.05, 0.1) is 6.42 Å². The predicted molar refractivity (Wildman–Crippen MR) is 90.4 cm³/mol. The van der Waals surface area contributed by atoms with Crippen LogP contribution in [0.25, 0.3) is 0 Å². The lowest BCUT2D eigenvalue weighted by Crippen LogP contribution is -2.33. The van der Waals surface area contributed by atoms with E-state index >= 15 is 0 Å². The van der Waals surface area contributed by atoms with E-state index in [9.17, 15) is 4.79 Å². The van der Waals surface area contributed by atoms with Crippen molar-refractivity contribution in [2.45, 2.75) is 26.3 Å². The zero-order valence-corrected chi connectivity index (χ0v) is 13.2. The van der Waals surface area contributed by atoms with Gasteiger partial charge in [0.25, 0.3) is 0 Å². The highest BCUT2D eigenvalue weighted by atomic mass is 16.2. The van der Waals surface area contributed by atoms with Crippen LogP contribution in [0.3, 0.4) is 0 Å². The number of hydrogen-bond donors (Lipinski definition) is 1. The molecule has 2 N–H and O–H groups in total. The summed E-state index contributed by atoms with van der Waals surface area (Å²) >= 11 is 0. The van der Waals surface area contributed by atoms with Gasteiger partial charge in [0.15, 0.2) is 0 Å². The van der Waals surface area contributed by atoms with Crippen LogP contribution >= 0.6 is 0 Å². The molecule has 0 heterocycles. The van der Waals surface area contributed by atoms with Crippen LogP contribution in [-0.4, -0.2) is 23.9 Å². The number of nitrogens with two attached hydrogens (primary N) is 1. The highest BCUT2D eigenvalue weighted by Gasteiger charge is 2.15. The molecule has 0 bridgehead atoms. The van der Waals surface area contributed by atoms with Crippen LogP contribution in [0, 0.1) is 6.92 Å². The normalized spacial score (nSPS) is 10.5. The topological polar surface area (TPSA) is 46.3 Å². The Morgan fingerprint density at radius 3 is 2.41 bits per heavy atom. The summed E-state index contributed by atoms with van der Waals surface area (Å²) in [6.45, 7) is 3.99. The fourth-order valence-corrected chi connectivity index (χ4v) is 2.46. The number of carbonyl (C=O) groups is 1. The van der Waals surface area contributed by atoms with Crippen molar-refractivity contribution in [2.75, 3.05) is 13.1 Å². The van der Waals surface area contributed by atoms with Gasteiger partial charge >= 0.3 is 0 Å². The van der Waals surface area contributed by atoms with Crippen LogP contribution in [0.1, 0.15) is 23.1 Å². The Kier molecular flexibility index (Phi) is 6.16. The number of rotatable bonds is 7. The van der Waals surface area contributed by atoms with Crippen LogP contribution in [0.4, 0.5) is 0 Å². The van der Waals surface area contributed by atoms with Gasteiger partial charge in [-0.05, 0) is 36.6 Å². The number of amides is 1. The zero-order chi connectivity index (χ0) is 15.8. The third kappa shape index (κ3) is 4.71. The van der Waals surface area contributed by atoms with Crippen LogP contribution in [0.2, 0.25) is 0 Å². The molecule has 0 aliphatic rings. The van der Waals surface area contributed by atoms with Gasteiger partial charge in [0.1, 0.15) is 0 Å². The standard InChI is InChI=1S/C19H24N2O/c1-16-8-5-6-11-18(16)14-19(22)21(13-7-12-20)15-17-9-3-2-4-10-17/h2-6,8-11H,7,12-15,20H2,1H3. The fraction of sp³-hybridized carbons (Fsp3) is 0.316. The maximum Gasteiger partial charge on any atom is 0.227 e. The van der Waals surface area contributed by atoms with Crippen LogP contribution in [0.15, 0.2) is 54.6 Å². The maximum absolute atomic E-state index is 12.7. The van der Waals surface area contributed by atoms with Crippen molar-refractivity contribution in [2.24, 2.45) is 5.73 Å². The summed E-state index contributed by atoms with van der Waals surface area (Å²) in [5.41, 5.74) is 9.02. The van der Waals surface area contributed by atoms with E-state index in [2.05, 4.69) is 12.1 Å². The molecular formula is C19H24N2O. The van der Waals surface area contributed by atoms with Crippen LogP contribution in [0.5, 0.6) is 0 Å².